The molecular formula is C11H12F2N2O2. The summed E-state index contributed by atoms with van der Waals surface area (Å²) in [7, 11) is 4.50. The molecule has 0 aliphatic carbocycles. The minimum Gasteiger partial charge on any atom is -0.494 e. The van der Waals surface area contributed by atoms with Crippen LogP contribution in [-0.2, 0) is 0 Å². The van der Waals surface area contributed by atoms with Gasteiger partial charge < -0.3 is 9.64 Å². The fourth-order valence-electron chi connectivity index (χ4n) is 1.12. The third-order valence-corrected chi connectivity index (χ3v) is 1.90. The molecule has 0 saturated carbocycles. The van der Waals surface area contributed by atoms with Gasteiger partial charge in [-0.2, -0.15) is 4.99 Å². The van der Waals surface area contributed by atoms with Crippen LogP contribution in [0.5, 0.6) is 5.75 Å². The Morgan fingerprint density at radius 1 is 1.41 bits per heavy atom. The number of benzene rings is 1. The Morgan fingerprint density at radius 3 is 2.59 bits per heavy atom. The van der Waals surface area contributed by atoms with Gasteiger partial charge in [-0.3, -0.25) is 4.79 Å². The molecule has 0 aliphatic heterocycles. The Labute approximate surface area is 97.5 Å². The molecule has 0 fully saturated rings. The summed E-state index contributed by atoms with van der Waals surface area (Å²) in [5.41, 5.74) is -0.720. The van der Waals surface area contributed by atoms with Crippen LogP contribution in [0.1, 0.15) is 10.4 Å². The van der Waals surface area contributed by atoms with Gasteiger partial charge in [-0.1, -0.05) is 0 Å². The zero-order valence-corrected chi connectivity index (χ0v) is 9.70. The van der Waals surface area contributed by atoms with Gasteiger partial charge in [0, 0.05) is 14.1 Å². The van der Waals surface area contributed by atoms with Crippen molar-refractivity contribution in [2.24, 2.45) is 4.99 Å². The van der Waals surface area contributed by atoms with Gasteiger partial charge >= 0.3 is 0 Å². The molecule has 1 aromatic rings. The molecule has 0 saturated heterocycles. The van der Waals surface area contributed by atoms with Crippen molar-refractivity contribution in [1.82, 2.24) is 4.90 Å². The average molecular weight is 242 g/mol. The summed E-state index contributed by atoms with van der Waals surface area (Å²) in [5.74, 6) is -3.21. The van der Waals surface area contributed by atoms with Crippen molar-refractivity contribution in [1.29, 1.82) is 0 Å². The van der Waals surface area contributed by atoms with Crippen LogP contribution < -0.4 is 4.74 Å². The third kappa shape index (κ3) is 2.99. The lowest BCUT2D eigenvalue weighted by Gasteiger charge is -2.06. The number of halogens is 2. The summed E-state index contributed by atoms with van der Waals surface area (Å²) < 4.78 is 31.6. The average Bonchev–Trinajstić information content (AvgIpc) is 2.26. The van der Waals surface area contributed by atoms with Crippen LogP contribution >= 0.6 is 0 Å². The van der Waals surface area contributed by atoms with E-state index in [0.717, 1.165) is 12.1 Å². The number of hydrogen-bond donors (Lipinski definition) is 0. The first-order chi connectivity index (χ1) is 7.97. The number of ether oxygens (including phenoxy) is 1. The first kappa shape index (κ1) is 13.1. The van der Waals surface area contributed by atoms with E-state index in [1.807, 2.05) is 0 Å². The van der Waals surface area contributed by atoms with Crippen molar-refractivity contribution >= 4 is 12.2 Å². The summed E-state index contributed by atoms with van der Waals surface area (Å²) in [6, 6.07) is 2.07. The zero-order chi connectivity index (χ0) is 13.0. The highest BCUT2D eigenvalue weighted by Gasteiger charge is 2.20. The fraction of sp³-hybridized carbons (Fsp3) is 0.273. The Morgan fingerprint density at radius 2 is 2.06 bits per heavy atom. The molecule has 1 amide bonds. The van der Waals surface area contributed by atoms with Crippen LogP contribution in [0.15, 0.2) is 17.1 Å². The molecule has 1 rings (SSSR count). The van der Waals surface area contributed by atoms with Crippen molar-refractivity contribution in [3.8, 4) is 5.75 Å². The minimum atomic E-state index is -1.05. The molecule has 0 heterocycles. The lowest BCUT2D eigenvalue weighted by Crippen LogP contribution is -2.11. The van der Waals surface area contributed by atoms with Crippen LogP contribution in [0.4, 0.5) is 8.78 Å². The van der Waals surface area contributed by atoms with Crippen LogP contribution in [0.3, 0.4) is 0 Å². The van der Waals surface area contributed by atoms with Gasteiger partial charge in [-0.15, -0.1) is 0 Å². The monoisotopic (exact) mass is 242 g/mol. The second kappa shape index (κ2) is 5.38. The third-order valence-electron chi connectivity index (χ3n) is 1.90. The van der Waals surface area contributed by atoms with Gasteiger partial charge in [0.25, 0.3) is 5.91 Å². The molecule has 0 N–H and O–H groups in total. The number of carbonyl (C=O) groups is 1. The molecule has 0 unspecified atom stereocenters. The number of hydrogen-bond acceptors (Lipinski definition) is 2. The molecule has 92 valence electrons. The van der Waals surface area contributed by atoms with E-state index in [2.05, 4.69) is 9.73 Å². The van der Waals surface area contributed by atoms with Gasteiger partial charge in [0.15, 0.2) is 11.6 Å². The SMILES string of the molecule is COc1ccc(F)c(C(=O)/N=C/N(C)C)c1F. The smallest absolute Gasteiger partial charge is 0.284 e. The molecule has 17 heavy (non-hydrogen) atoms. The maximum atomic E-state index is 13.6. The Bertz CT molecular complexity index is 459. The largest absolute Gasteiger partial charge is 0.494 e. The second-order valence-electron chi connectivity index (χ2n) is 3.45. The van der Waals surface area contributed by atoms with Crippen molar-refractivity contribution in [3.05, 3.63) is 29.3 Å². The van der Waals surface area contributed by atoms with E-state index < -0.39 is 23.1 Å². The highest BCUT2D eigenvalue weighted by molar-refractivity contribution is 5.99. The quantitative estimate of drug-likeness (QED) is 0.598. The summed E-state index contributed by atoms with van der Waals surface area (Å²) in [6.07, 6.45) is 1.17. The van der Waals surface area contributed by atoms with Crippen molar-refractivity contribution in [2.75, 3.05) is 21.2 Å². The summed E-state index contributed by atoms with van der Waals surface area (Å²) in [4.78, 5) is 16.4. The minimum absolute atomic E-state index is 0.199. The van der Waals surface area contributed by atoms with Gasteiger partial charge in [-0.25, -0.2) is 8.78 Å². The molecule has 0 spiro atoms. The second-order valence-corrected chi connectivity index (χ2v) is 3.45. The van der Waals surface area contributed by atoms with Crippen molar-refractivity contribution < 1.29 is 18.3 Å². The van der Waals surface area contributed by atoms with E-state index in [-0.39, 0.29) is 5.75 Å². The summed E-state index contributed by atoms with van der Waals surface area (Å²) in [6.45, 7) is 0. The van der Waals surface area contributed by atoms with Gasteiger partial charge in [0.05, 0.1) is 13.4 Å². The standard InChI is InChI=1S/C11H12F2N2O2/c1-15(2)6-14-11(16)9-7(12)4-5-8(17-3)10(9)13/h4-6H,1-3H3/b14-6+. The molecule has 6 heteroatoms. The zero-order valence-electron chi connectivity index (χ0n) is 9.70. The van der Waals surface area contributed by atoms with Gasteiger partial charge in [0.1, 0.15) is 11.4 Å². The van der Waals surface area contributed by atoms with E-state index in [9.17, 15) is 13.6 Å². The molecule has 0 bridgehead atoms. The highest BCUT2D eigenvalue weighted by Crippen LogP contribution is 2.23. The molecule has 0 radical (unpaired) electrons. The number of rotatable bonds is 3. The van der Waals surface area contributed by atoms with E-state index in [1.165, 1.54) is 18.3 Å². The maximum Gasteiger partial charge on any atom is 0.284 e. The predicted molar refractivity (Wildman–Crippen MR) is 59.4 cm³/mol. The number of carbonyl (C=O) groups excluding carboxylic acids is 1. The topological polar surface area (TPSA) is 41.9 Å². The Balaban J connectivity index is 3.17. The first-order valence-corrected chi connectivity index (χ1v) is 4.74. The van der Waals surface area contributed by atoms with Crippen LogP contribution in [0.2, 0.25) is 0 Å². The molecule has 0 aromatic heterocycles. The maximum absolute atomic E-state index is 13.6. The molecule has 1 aromatic carbocycles. The summed E-state index contributed by atoms with van der Waals surface area (Å²) in [5, 5.41) is 0. The lowest BCUT2D eigenvalue weighted by molar-refractivity contribution is 0.0993. The van der Waals surface area contributed by atoms with E-state index in [1.54, 1.807) is 14.1 Å². The van der Waals surface area contributed by atoms with Crippen molar-refractivity contribution in [3.63, 3.8) is 0 Å². The normalized spacial score (nSPS) is 10.6. The van der Waals surface area contributed by atoms with Crippen LogP contribution in [-0.4, -0.2) is 38.4 Å². The van der Waals surface area contributed by atoms with E-state index in [4.69, 9.17) is 0 Å². The number of methoxy groups -OCH3 is 1. The lowest BCUT2D eigenvalue weighted by atomic mass is 10.1. The molecule has 0 atom stereocenters. The highest BCUT2D eigenvalue weighted by atomic mass is 19.1. The molecular weight excluding hydrogens is 230 g/mol. The number of aliphatic imine (C=N–C) groups is 1. The Kier molecular flexibility index (Phi) is 4.14. The van der Waals surface area contributed by atoms with E-state index >= 15 is 0 Å². The van der Waals surface area contributed by atoms with Gasteiger partial charge in [-0.05, 0) is 12.1 Å². The number of nitrogens with zero attached hydrogens (tertiary/aromatic N) is 2. The molecule has 4 nitrogen and oxygen atoms in total. The number of amides is 1. The van der Waals surface area contributed by atoms with Crippen LogP contribution in [0, 0.1) is 11.6 Å². The predicted octanol–water partition coefficient (Wildman–Crippen LogP) is 1.70. The fourth-order valence-corrected chi connectivity index (χ4v) is 1.12. The van der Waals surface area contributed by atoms with Crippen molar-refractivity contribution in [2.45, 2.75) is 0 Å². The first-order valence-electron chi connectivity index (χ1n) is 4.74. The van der Waals surface area contributed by atoms with Crippen LogP contribution in [0.25, 0.3) is 0 Å². The Hall–Kier alpha value is -1.98. The van der Waals surface area contributed by atoms with Gasteiger partial charge in [0.2, 0.25) is 0 Å². The van der Waals surface area contributed by atoms with E-state index in [0.29, 0.717) is 0 Å². The summed E-state index contributed by atoms with van der Waals surface area (Å²) >= 11 is 0. The molecule has 0 aliphatic rings.